The first-order valence-corrected chi connectivity index (χ1v) is 7.78. The molecule has 0 spiro atoms. The summed E-state index contributed by atoms with van der Waals surface area (Å²) in [5.41, 5.74) is 0. The number of amides is 2. The lowest BCUT2D eigenvalue weighted by Gasteiger charge is -2.20. The van der Waals surface area contributed by atoms with E-state index in [2.05, 4.69) is 15.3 Å². The maximum atomic E-state index is 11.5. The van der Waals surface area contributed by atoms with Gasteiger partial charge >= 0.3 is 6.03 Å². The van der Waals surface area contributed by atoms with Crippen LogP contribution in [0.15, 0.2) is 12.4 Å². The molecule has 2 fully saturated rings. The Morgan fingerprint density at radius 2 is 2.32 bits per heavy atom. The smallest absolute Gasteiger partial charge is 0.317 e. The number of hydrogen-bond acceptors (Lipinski definition) is 5. The Balaban J connectivity index is 1.47. The molecule has 122 valence electrons. The lowest BCUT2D eigenvalue weighted by Crippen LogP contribution is -2.36. The summed E-state index contributed by atoms with van der Waals surface area (Å²) in [6.45, 7) is 6.94. The molecule has 0 radical (unpaired) electrons. The highest BCUT2D eigenvalue weighted by Crippen LogP contribution is 2.18. The third-order valence-electron chi connectivity index (χ3n) is 4.16. The molecule has 22 heavy (non-hydrogen) atoms. The van der Waals surface area contributed by atoms with Gasteiger partial charge < -0.3 is 20.1 Å². The zero-order valence-electron chi connectivity index (χ0n) is 12.8. The standard InChI is InChI=1S/C14H23N5O3/c1-2-19-8-11(7-16-19)22-13-10-17(9-12(13)20)5-6-18-4-3-15-14(18)21/h7-8,12-13,20H,2-6,9-10H2,1H3,(H,15,21)/t12-,13-/m1/s1. The summed E-state index contributed by atoms with van der Waals surface area (Å²) in [6.07, 6.45) is 2.75. The highest BCUT2D eigenvalue weighted by Gasteiger charge is 2.33. The summed E-state index contributed by atoms with van der Waals surface area (Å²) in [4.78, 5) is 15.4. The number of nitrogens with zero attached hydrogens (tertiary/aromatic N) is 4. The Labute approximate surface area is 129 Å². The van der Waals surface area contributed by atoms with E-state index in [0.717, 1.165) is 19.6 Å². The molecule has 0 saturated carbocycles. The van der Waals surface area contributed by atoms with Crippen molar-refractivity contribution in [2.24, 2.45) is 0 Å². The van der Waals surface area contributed by atoms with E-state index in [1.54, 1.807) is 15.8 Å². The minimum atomic E-state index is -0.516. The molecule has 8 heteroatoms. The quantitative estimate of drug-likeness (QED) is 0.730. The number of β-amino-alcohol motifs (C(OH)–C–C–N with tert-alkyl or cyclic N) is 1. The number of nitrogens with one attached hydrogen (secondary N) is 1. The van der Waals surface area contributed by atoms with Crippen LogP contribution in [0, 0.1) is 0 Å². The lowest BCUT2D eigenvalue weighted by atomic mass is 10.3. The number of aliphatic hydroxyl groups excluding tert-OH is 1. The van der Waals surface area contributed by atoms with E-state index in [1.807, 2.05) is 13.1 Å². The summed E-state index contributed by atoms with van der Waals surface area (Å²) in [5, 5.41) is 17.1. The average molecular weight is 309 g/mol. The van der Waals surface area contributed by atoms with Crippen LogP contribution in [-0.2, 0) is 6.54 Å². The van der Waals surface area contributed by atoms with E-state index < -0.39 is 6.10 Å². The highest BCUT2D eigenvalue weighted by molar-refractivity contribution is 5.76. The van der Waals surface area contributed by atoms with Crippen LogP contribution in [0.4, 0.5) is 4.79 Å². The van der Waals surface area contributed by atoms with Crippen LogP contribution in [0.2, 0.25) is 0 Å². The van der Waals surface area contributed by atoms with Gasteiger partial charge in [0.25, 0.3) is 0 Å². The first kappa shape index (κ1) is 15.1. The fourth-order valence-electron chi connectivity index (χ4n) is 2.87. The number of carbonyl (C=O) groups excluding carboxylic acids is 1. The first-order chi connectivity index (χ1) is 10.7. The van der Waals surface area contributed by atoms with Gasteiger partial charge in [0.15, 0.2) is 5.75 Å². The Morgan fingerprint density at radius 3 is 3.00 bits per heavy atom. The zero-order valence-corrected chi connectivity index (χ0v) is 12.8. The number of rotatable bonds is 6. The van der Waals surface area contributed by atoms with Crippen LogP contribution >= 0.6 is 0 Å². The van der Waals surface area contributed by atoms with E-state index >= 15 is 0 Å². The molecule has 2 aliphatic heterocycles. The molecule has 2 aliphatic rings. The zero-order chi connectivity index (χ0) is 15.5. The predicted octanol–water partition coefficient (Wildman–Crippen LogP) is -0.648. The number of hydrogen-bond donors (Lipinski definition) is 2. The lowest BCUT2D eigenvalue weighted by molar-refractivity contribution is 0.0736. The molecule has 1 aromatic rings. The molecule has 1 aromatic heterocycles. The second-order valence-corrected chi connectivity index (χ2v) is 5.73. The fraction of sp³-hybridized carbons (Fsp3) is 0.714. The van der Waals surface area contributed by atoms with Gasteiger partial charge in [0, 0.05) is 45.8 Å². The van der Waals surface area contributed by atoms with Crippen molar-refractivity contribution in [3.63, 3.8) is 0 Å². The number of aliphatic hydroxyl groups is 1. The average Bonchev–Trinajstić information content (AvgIpc) is 3.19. The van der Waals surface area contributed by atoms with Crippen molar-refractivity contribution in [2.45, 2.75) is 25.7 Å². The van der Waals surface area contributed by atoms with Gasteiger partial charge in [-0.3, -0.25) is 9.58 Å². The molecule has 0 unspecified atom stereocenters. The van der Waals surface area contributed by atoms with Crippen molar-refractivity contribution in [1.29, 1.82) is 0 Å². The molecular formula is C14H23N5O3. The van der Waals surface area contributed by atoms with Gasteiger partial charge in [-0.05, 0) is 6.92 Å². The van der Waals surface area contributed by atoms with Crippen molar-refractivity contribution in [3.05, 3.63) is 12.4 Å². The first-order valence-electron chi connectivity index (χ1n) is 7.78. The molecular weight excluding hydrogens is 286 g/mol. The molecule has 0 aromatic carbocycles. The van der Waals surface area contributed by atoms with Crippen LogP contribution in [0.3, 0.4) is 0 Å². The van der Waals surface area contributed by atoms with E-state index in [1.165, 1.54) is 0 Å². The van der Waals surface area contributed by atoms with Gasteiger partial charge in [0.2, 0.25) is 0 Å². The fourth-order valence-corrected chi connectivity index (χ4v) is 2.87. The third kappa shape index (κ3) is 3.33. The van der Waals surface area contributed by atoms with Crippen LogP contribution < -0.4 is 10.1 Å². The van der Waals surface area contributed by atoms with Gasteiger partial charge in [-0.2, -0.15) is 5.10 Å². The topological polar surface area (TPSA) is 82.9 Å². The number of urea groups is 1. The van der Waals surface area contributed by atoms with Gasteiger partial charge in [-0.25, -0.2) is 4.79 Å². The SMILES string of the molecule is CCn1cc(O[C@@H]2CN(CCN3CCNC3=O)C[C@H]2O)cn1. The summed E-state index contributed by atoms with van der Waals surface area (Å²) in [6, 6.07) is -0.000440. The van der Waals surface area contributed by atoms with E-state index in [0.29, 0.717) is 31.9 Å². The van der Waals surface area contributed by atoms with Gasteiger partial charge in [0.05, 0.1) is 12.4 Å². The molecule has 3 rings (SSSR count). The maximum absolute atomic E-state index is 11.5. The molecule has 2 amide bonds. The summed E-state index contributed by atoms with van der Waals surface area (Å²) < 4.78 is 7.62. The maximum Gasteiger partial charge on any atom is 0.317 e. The highest BCUT2D eigenvalue weighted by atomic mass is 16.5. The molecule has 0 aliphatic carbocycles. The summed E-state index contributed by atoms with van der Waals surface area (Å²) in [7, 11) is 0. The number of carbonyl (C=O) groups is 1. The van der Waals surface area contributed by atoms with Crippen molar-refractivity contribution in [3.8, 4) is 5.75 Å². The van der Waals surface area contributed by atoms with Crippen molar-refractivity contribution in [1.82, 2.24) is 24.9 Å². The van der Waals surface area contributed by atoms with E-state index in [-0.39, 0.29) is 12.1 Å². The number of aromatic nitrogens is 2. The molecule has 2 atom stereocenters. The molecule has 0 bridgehead atoms. The van der Waals surface area contributed by atoms with Crippen LogP contribution in [-0.4, -0.2) is 82.2 Å². The number of aryl methyl sites for hydroxylation is 1. The number of likely N-dealkylation sites (tertiary alicyclic amines) is 1. The third-order valence-corrected chi connectivity index (χ3v) is 4.16. The second-order valence-electron chi connectivity index (χ2n) is 5.73. The van der Waals surface area contributed by atoms with Crippen molar-refractivity contribution >= 4 is 6.03 Å². The largest absolute Gasteiger partial charge is 0.483 e. The van der Waals surface area contributed by atoms with Crippen molar-refractivity contribution in [2.75, 3.05) is 39.3 Å². The minimum absolute atomic E-state index is 0.000440. The Morgan fingerprint density at radius 1 is 1.45 bits per heavy atom. The predicted molar refractivity (Wildman–Crippen MR) is 79.7 cm³/mol. The van der Waals surface area contributed by atoms with Crippen molar-refractivity contribution < 1.29 is 14.6 Å². The Hall–Kier alpha value is -1.80. The Bertz CT molecular complexity index is 520. The molecule has 2 saturated heterocycles. The Kier molecular flexibility index (Phi) is 4.49. The second kappa shape index (κ2) is 6.53. The summed E-state index contributed by atoms with van der Waals surface area (Å²) >= 11 is 0. The van der Waals surface area contributed by atoms with Crippen LogP contribution in [0.25, 0.3) is 0 Å². The van der Waals surface area contributed by atoms with Crippen LogP contribution in [0.1, 0.15) is 6.92 Å². The normalized spacial score (nSPS) is 25.7. The molecule has 3 heterocycles. The van der Waals surface area contributed by atoms with E-state index in [9.17, 15) is 9.90 Å². The summed E-state index contributed by atoms with van der Waals surface area (Å²) in [5.74, 6) is 0.687. The van der Waals surface area contributed by atoms with Gasteiger partial charge in [-0.15, -0.1) is 0 Å². The van der Waals surface area contributed by atoms with E-state index in [4.69, 9.17) is 4.74 Å². The number of ether oxygens (including phenoxy) is 1. The molecule has 2 N–H and O–H groups in total. The monoisotopic (exact) mass is 309 g/mol. The van der Waals surface area contributed by atoms with Gasteiger partial charge in [0.1, 0.15) is 12.2 Å². The van der Waals surface area contributed by atoms with Gasteiger partial charge in [-0.1, -0.05) is 0 Å². The molecule has 8 nitrogen and oxygen atoms in total. The van der Waals surface area contributed by atoms with Crippen LogP contribution in [0.5, 0.6) is 5.75 Å². The minimum Gasteiger partial charge on any atom is -0.483 e.